The second-order valence-corrected chi connectivity index (χ2v) is 5.97. The molecule has 0 fully saturated rings. The topological polar surface area (TPSA) is 21.3 Å². The van der Waals surface area contributed by atoms with Crippen LogP contribution in [0.2, 0.25) is 0 Å². The van der Waals surface area contributed by atoms with Crippen LogP contribution in [0.4, 0.5) is 0 Å². The fraction of sp³-hybridized carbons (Fsp3) is 0.333. The molecule has 0 bridgehead atoms. The highest BCUT2D eigenvalue weighted by molar-refractivity contribution is 9.10. The molecule has 1 atom stereocenters. The van der Waals surface area contributed by atoms with Crippen LogP contribution in [0, 0.1) is 6.92 Å². The number of hydrogen-bond donors (Lipinski definition) is 1. The molecule has 1 unspecified atom stereocenters. The first-order valence-corrected chi connectivity index (χ1v) is 8.09. The van der Waals surface area contributed by atoms with Crippen molar-refractivity contribution in [3.63, 3.8) is 0 Å². The van der Waals surface area contributed by atoms with Gasteiger partial charge in [-0.25, -0.2) is 0 Å². The van der Waals surface area contributed by atoms with E-state index in [9.17, 15) is 0 Å². The summed E-state index contributed by atoms with van der Waals surface area (Å²) in [6.07, 6.45) is 1.11. The Hall–Kier alpha value is -1.32. The van der Waals surface area contributed by atoms with Crippen molar-refractivity contribution in [1.82, 2.24) is 5.32 Å². The molecular weight excluding hydrogens is 326 g/mol. The van der Waals surface area contributed by atoms with E-state index >= 15 is 0 Å². The van der Waals surface area contributed by atoms with Gasteiger partial charge in [-0.15, -0.1) is 0 Å². The first-order valence-electron chi connectivity index (χ1n) is 7.29. The first-order chi connectivity index (χ1) is 10.2. The SMILES string of the molecule is CCCNC(c1ccc(OC)cc1)c1cccc(Br)c1C. The van der Waals surface area contributed by atoms with Crippen molar-refractivity contribution in [1.29, 1.82) is 0 Å². The summed E-state index contributed by atoms with van der Waals surface area (Å²) in [5.74, 6) is 0.888. The molecule has 1 N–H and O–H groups in total. The normalized spacial score (nSPS) is 12.2. The zero-order valence-electron chi connectivity index (χ0n) is 12.8. The van der Waals surface area contributed by atoms with E-state index in [1.807, 2.05) is 12.1 Å². The monoisotopic (exact) mass is 347 g/mol. The molecule has 0 aliphatic rings. The minimum absolute atomic E-state index is 0.202. The molecule has 0 aliphatic carbocycles. The van der Waals surface area contributed by atoms with Crippen molar-refractivity contribution in [2.45, 2.75) is 26.3 Å². The molecule has 3 heteroatoms. The molecule has 2 aromatic carbocycles. The number of benzene rings is 2. The number of methoxy groups -OCH3 is 1. The van der Waals surface area contributed by atoms with Gasteiger partial charge in [0.25, 0.3) is 0 Å². The zero-order valence-corrected chi connectivity index (χ0v) is 14.4. The van der Waals surface area contributed by atoms with Gasteiger partial charge in [0.05, 0.1) is 13.2 Å². The third kappa shape index (κ3) is 3.86. The van der Waals surface area contributed by atoms with Crippen LogP contribution in [0.5, 0.6) is 5.75 Å². The molecule has 2 rings (SSSR count). The number of halogens is 1. The molecule has 21 heavy (non-hydrogen) atoms. The van der Waals surface area contributed by atoms with Crippen LogP contribution in [-0.2, 0) is 0 Å². The van der Waals surface area contributed by atoms with Gasteiger partial charge in [0.1, 0.15) is 5.75 Å². The number of nitrogens with one attached hydrogen (secondary N) is 1. The van der Waals surface area contributed by atoms with Crippen LogP contribution < -0.4 is 10.1 Å². The van der Waals surface area contributed by atoms with Gasteiger partial charge in [-0.3, -0.25) is 0 Å². The van der Waals surface area contributed by atoms with Crippen molar-refractivity contribution in [2.24, 2.45) is 0 Å². The molecule has 2 nitrogen and oxygen atoms in total. The molecule has 112 valence electrons. The fourth-order valence-corrected chi connectivity index (χ4v) is 2.81. The fourth-order valence-electron chi connectivity index (χ4n) is 2.43. The third-order valence-electron chi connectivity index (χ3n) is 3.67. The summed E-state index contributed by atoms with van der Waals surface area (Å²) in [5, 5.41) is 3.65. The highest BCUT2D eigenvalue weighted by atomic mass is 79.9. The summed E-state index contributed by atoms with van der Waals surface area (Å²) in [4.78, 5) is 0. The molecule has 0 radical (unpaired) electrons. The summed E-state index contributed by atoms with van der Waals surface area (Å²) in [6, 6.07) is 14.9. The van der Waals surface area contributed by atoms with Crippen molar-refractivity contribution < 1.29 is 4.74 Å². The lowest BCUT2D eigenvalue weighted by atomic mass is 9.95. The van der Waals surface area contributed by atoms with E-state index in [4.69, 9.17) is 4.74 Å². The highest BCUT2D eigenvalue weighted by Crippen LogP contribution is 2.30. The van der Waals surface area contributed by atoms with Crippen molar-refractivity contribution >= 4 is 15.9 Å². The molecular formula is C18H22BrNO. The number of hydrogen-bond acceptors (Lipinski definition) is 2. The van der Waals surface area contributed by atoms with E-state index in [-0.39, 0.29) is 6.04 Å². The van der Waals surface area contributed by atoms with Crippen LogP contribution in [-0.4, -0.2) is 13.7 Å². The van der Waals surface area contributed by atoms with Gasteiger partial charge >= 0.3 is 0 Å². The van der Waals surface area contributed by atoms with Gasteiger partial charge in [0.15, 0.2) is 0 Å². The van der Waals surface area contributed by atoms with Crippen LogP contribution >= 0.6 is 15.9 Å². The Labute approximate surface area is 135 Å². The molecule has 0 spiro atoms. The number of ether oxygens (including phenoxy) is 1. The summed E-state index contributed by atoms with van der Waals surface area (Å²) in [6.45, 7) is 5.33. The van der Waals surface area contributed by atoms with E-state index in [1.165, 1.54) is 16.7 Å². The summed E-state index contributed by atoms with van der Waals surface area (Å²) in [7, 11) is 1.69. The molecule has 0 heterocycles. The molecule has 0 amide bonds. The number of rotatable bonds is 6. The van der Waals surface area contributed by atoms with E-state index in [0.717, 1.165) is 23.2 Å². The van der Waals surface area contributed by atoms with E-state index in [0.29, 0.717) is 0 Å². The summed E-state index contributed by atoms with van der Waals surface area (Å²) >= 11 is 3.63. The largest absolute Gasteiger partial charge is 0.497 e. The Morgan fingerprint density at radius 3 is 2.48 bits per heavy atom. The lowest BCUT2D eigenvalue weighted by Crippen LogP contribution is -2.24. The lowest BCUT2D eigenvalue weighted by Gasteiger charge is -2.22. The predicted molar refractivity (Wildman–Crippen MR) is 92.0 cm³/mol. The molecule has 2 aromatic rings. The average molecular weight is 348 g/mol. The van der Waals surface area contributed by atoms with Crippen LogP contribution in [0.15, 0.2) is 46.9 Å². The summed E-state index contributed by atoms with van der Waals surface area (Å²) < 4.78 is 6.40. The van der Waals surface area contributed by atoms with Crippen LogP contribution in [0.3, 0.4) is 0 Å². The smallest absolute Gasteiger partial charge is 0.118 e. The van der Waals surface area contributed by atoms with Crippen LogP contribution in [0.25, 0.3) is 0 Å². The second-order valence-electron chi connectivity index (χ2n) is 5.11. The lowest BCUT2D eigenvalue weighted by molar-refractivity contribution is 0.414. The van der Waals surface area contributed by atoms with E-state index in [2.05, 4.69) is 65.4 Å². The second kappa shape index (κ2) is 7.62. The quantitative estimate of drug-likeness (QED) is 0.805. The standard InChI is InChI=1S/C18H22BrNO/c1-4-12-20-18(14-8-10-15(21-3)11-9-14)16-6-5-7-17(19)13(16)2/h5-11,18,20H,4,12H2,1-3H3. The van der Waals surface area contributed by atoms with Crippen LogP contribution in [0.1, 0.15) is 36.1 Å². The Balaban J connectivity index is 2.39. The zero-order chi connectivity index (χ0) is 15.2. The van der Waals surface area contributed by atoms with Gasteiger partial charge in [0.2, 0.25) is 0 Å². The van der Waals surface area contributed by atoms with Crippen molar-refractivity contribution in [3.8, 4) is 5.75 Å². The Morgan fingerprint density at radius 2 is 1.86 bits per heavy atom. The van der Waals surface area contributed by atoms with Crippen molar-refractivity contribution in [3.05, 3.63) is 63.6 Å². The van der Waals surface area contributed by atoms with Gasteiger partial charge in [-0.1, -0.05) is 47.1 Å². The van der Waals surface area contributed by atoms with Gasteiger partial charge in [-0.2, -0.15) is 0 Å². The molecule has 0 saturated carbocycles. The van der Waals surface area contributed by atoms with E-state index in [1.54, 1.807) is 7.11 Å². The Kier molecular flexibility index (Phi) is 5.83. The molecule has 0 aromatic heterocycles. The molecule has 0 aliphatic heterocycles. The van der Waals surface area contributed by atoms with Gasteiger partial charge in [0, 0.05) is 4.47 Å². The Bertz CT molecular complexity index is 580. The summed E-state index contributed by atoms with van der Waals surface area (Å²) in [5.41, 5.74) is 3.84. The maximum absolute atomic E-state index is 5.25. The first kappa shape index (κ1) is 16.1. The van der Waals surface area contributed by atoms with Crippen molar-refractivity contribution in [2.75, 3.05) is 13.7 Å². The maximum atomic E-state index is 5.25. The average Bonchev–Trinajstić information content (AvgIpc) is 2.52. The van der Waals surface area contributed by atoms with Gasteiger partial charge in [-0.05, 0) is 54.8 Å². The molecule has 0 saturated heterocycles. The van der Waals surface area contributed by atoms with E-state index < -0.39 is 0 Å². The highest BCUT2D eigenvalue weighted by Gasteiger charge is 2.16. The van der Waals surface area contributed by atoms with Gasteiger partial charge < -0.3 is 10.1 Å². The maximum Gasteiger partial charge on any atom is 0.118 e. The Morgan fingerprint density at radius 1 is 1.14 bits per heavy atom. The predicted octanol–water partition coefficient (Wildman–Crippen LogP) is 4.86. The minimum Gasteiger partial charge on any atom is -0.497 e. The third-order valence-corrected chi connectivity index (χ3v) is 4.53. The minimum atomic E-state index is 0.202.